The van der Waals surface area contributed by atoms with Crippen LogP contribution in [0.3, 0.4) is 0 Å². The van der Waals surface area contributed by atoms with Gasteiger partial charge in [0, 0.05) is 48.2 Å². The predicted molar refractivity (Wildman–Crippen MR) is 92.3 cm³/mol. The maximum Gasteiger partial charge on any atom is 0.0486 e. The third-order valence-corrected chi connectivity index (χ3v) is 5.48. The molecule has 0 radical (unpaired) electrons. The number of aromatic nitrogens is 1. The van der Waals surface area contributed by atoms with E-state index in [1.807, 2.05) is 0 Å². The highest BCUT2D eigenvalue weighted by Gasteiger charge is 2.24. The van der Waals surface area contributed by atoms with Gasteiger partial charge < -0.3 is 15.2 Å². The summed E-state index contributed by atoms with van der Waals surface area (Å²) in [4.78, 5) is 0. The van der Waals surface area contributed by atoms with Crippen molar-refractivity contribution < 1.29 is 0 Å². The van der Waals surface area contributed by atoms with Crippen molar-refractivity contribution >= 4 is 10.9 Å². The summed E-state index contributed by atoms with van der Waals surface area (Å²) in [5, 5.41) is 8.77. The number of hydrogen-bond donors (Lipinski definition) is 2. The Hall–Kier alpha value is -1.32. The molecule has 3 nitrogen and oxygen atoms in total. The number of nitrogens with one attached hydrogen (secondary N) is 2. The van der Waals surface area contributed by atoms with Crippen LogP contribution in [0.1, 0.15) is 49.9 Å². The van der Waals surface area contributed by atoms with E-state index in [2.05, 4.69) is 46.4 Å². The largest absolute Gasteiger partial charge is 0.344 e. The second kappa shape index (κ2) is 6.05. The van der Waals surface area contributed by atoms with Gasteiger partial charge in [0.05, 0.1) is 0 Å². The normalized spacial score (nSPS) is 25.3. The van der Waals surface area contributed by atoms with Crippen LogP contribution in [-0.4, -0.2) is 23.7 Å². The van der Waals surface area contributed by atoms with E-state index in [0.717, 1.165) is 19.5 Å². The van der Waals surface area contributed by atoms with Crippen molar-refractivity contribution in [2.45, 2.75) is 57.7 Å². The van der Waals surface area contributed by atoms with Crippen LogP contribution >= 0.6 is 0 Å². The van der Waals surface area contributed by atoms with E-state index in [0.29, 0.717) is 12.1 Å². The van der Waals surface area contributed by atoms with Crippen LogP contribution in [-0.2, 0) is 13.0 Å². The van der Waals surface area contributed by atoms with E-state index in [1.54, 1.807) is 11.3 Å². The van der Waals surface area contributed by atoms with Crippen LogP contribution in [0.5, 0.6) is 0 Å². The maximum absolute atomic E-state index is 3.69. The standard InChI is InChI=1S/C19H27N3/c1-14-19-16-7-2-3-8-17(16)22(18(19)9-12-20-14)13-10-15-6-4-5-11-21-15/h2-3,7-8,14-15,20-21H,4-6,9-13H2,1H3. The van der Waals surface area contributed by atoms with Crippen molar-refractivity contribution in [1.29, 1.82) is 0 Å². The Morgan fingerprint density at radius 2 is 2.05 bits per heavy atom. The molecule has 2 aromatic rings. The summed E-state index contributed by atoms with van der Waals surface area (Å²) in [7, 11) is 0. The first-order valence-electron chi connectivity index (χ1n) is 8.91. The number of benzene rings is 1. The molecule has 22 heavy (non-hydrogen) atoms. The predicted octanol–water partition coefficient (Wildman–Crippen LogP) is 3.38. The van der Waals surface area contributed by atoms with Gasteiger partial charge in [-0.25, -0.2) is 0 Å². The highest BCUT2D eigenvalue weighted by Crippen LogP contribution is 2.34. The Morgan fingerprint density at radius 1 is 1.14 bits per heavy atom. The SMILES string of the molecule is CC1NCCc2c1c1ccccc1n2CCC1CCCCN1. The number of aryl methyl sites for hydroxylation is 1. The van der Waals surface area contributed by atoms with Gasteiger partial charge in [-0.1, -0.05) is 24.6 Å². The molecule has 2 atom stereocenters. The summed E-state index contributed by atoms with van der Waals surface area (Å²) in [5.41, 5.74) is 4.54. The molecule has 1 saturated heterocycles. The fourth-order valence-electron chi connectivity index (χ4n) is 4.36. The molecule has 1 aromatic heterocycles. The summed E-state index contributed by atoms with van der Waals surface area (Å²) in [6.45, 7) is 5.76. The molecule has 2 aliphatic rings. The van der Waals surface area contributed by atoms with Crippen LogP contribution in [0, 0.1) is 0 Å². The first-order valence-corrected chi connectivity index (χ1v) is 8.91. The minimum Gasteiger partial charge on any atom is -0.344 e. The van der Waals surface area contributed by atoms with Gasteiger partial charge in [0.25, 0.3) is 0 Å². The lowest BCUT2D eigenvalue weighted by molar-refractivity contribution is 0.365. The first-order chi connectivity index (χ1) is 10.8. The zero-order chi connectivity index (χ0) is 14.9. The highest BCUT2D eigenvalue weighted by atomic mass is 15.0. The minimum atomic E-state index is 0.475. The summed E-state index contributed by atoms with van der Waals surface area (Å²) >= 11 is 0. The van der Waals surface area contributed by atoms with E-state index in [9.17, 15) is 0 Å². The Kier molecular flexibility index (Phi) is 3.93. The second-order valence-corrected chi connectivity index (χ2v) is 6.89. The fraction of sp³-hybridized carbons (Fsp3) is 0.579. The number of fused-ring (bicyclic) bond motifs is 3. The zero-order valence-corrected chi connectivity index (χ0v) is 13.6. The van der Waals surface area contributed by atoms with Crippen LogP contribution < -0.4 is 10.6 Å². The van der Waals surface area contributed by atoms with E-state index in [4.69, 9.17) is 0 Å². The summed E-state index contributed by atoms with van der Waals surface area (Å²) < 4.78 is 2.61. The Bertz CT molecular complexity index is 652. The molecular weight excluding hydrogens is 270 g/mol. The number of para-hydroxylation sites is 1. The summed E-state index contributed by atoms with van der Waals surface area (Å²) in [5.74, 6) is 0. The van der Waals surface area contributed by atoms with Crippen LogP contribution in [0.15, 0.2) is 24.3 Å². The topological polar surface area (TPSA) is 29.0 Å². The molecular formula is C19H27N3. The molecule has 0 aliphatic carbocycles. The fourth-order valence-corrected chi connectivity index (χ4v) is 4.36. The quantitative estimate of drug-likeness (QED) is 0.909. The van der Waals surface area contributed by atoms with Crippen LogP contribution in [0.2, 0.25) is 0 Å². The Labute approximate surface area is 133 Å². The van der Waals surface area contributed by atoms with Crippen molar-refractivity contribution in [3.8, 4) is 0 Å². The zero-order valence-electron chi connectivity index (χ0n) is 13.6. The number of nitrogens with zero attached hydrogens (tertiary/aromatic N) is 1. The lowest BCUT2D eigenvalue weighted by Gasteiger charge is -2.26. The molecule has 2 aliphatic heterocycles. The molecule has 1 fully saturated rings. The van der Waals surface area contributed by atoms with Gasteiger partial charge >= 0.3 is 0 Å². The lowest BCUT2D eigenvalue weighted by Crippen LogP contribution is -2.35. The van der Waals surface area contributed by atoms with Gasteiger partial charge in [0.1, 0.15) is 0 Å². The smallest absolute Gasteiger partial charge is 0.0486 e. The molecule has 0 saturated carbocycles. The number of hydrogen-bond acceptors (Lipinski definition) is 2. The average Bonchev–Trinajstić information content (AvgIpc) is 2.89. The van der Waals surface area contributed by atoms with Gasteiger partial charge in [-0.15, -0.1) is 0 Å². The molecule has 0 bridgehead atoms. The molecule has 118 valence electrons. The molecule has 4 rings (SSSR count). The molecule has 2 N–H and O–H groups in total. The Morgan fingerprint density at radius 3 is 2.91 bits per heavy atom. The van der Waals surface area contributed by atoms with Crippen molar-refractivity contribution in [3.05, 3.63) is 35.5 Å². The van der Waals surface area contributed by atoms with Gasteiger partial charge in [-0.05, 0) is 44.4 Å². The van der Waals surface area contributed by atoms with E-state index in [-0.39, 0.29) is 0 Å². The van der Waals surface area contributed by atoms with E-state index >= 15 is 0 Å². The maximum atomic E-state index is 3.69. The number of piperidine rings is 1. The van der Waals surface area contributed by atoms with Gasteiger partial charge in [0.15, 0.2) is 0 Å². The monoisotopic (exact) mass is 297 g/mol. The first kappa shape index (κ1) is 14.3. The van der Waals surface area contributed by atoms with Crippen molar-refractivity contribution in [3.63, 3.8) is 0 Å². The average molecular weight is 297 g/mol. The van der Waals surface area contributed by atoms with Crippen LogP contribution in [0.25, 0.3) is 10.9 Å². The van der Waals surface area contributed by atoms with Gasteiger partial charge in [0.2, 0.25) is 0 Å². The summed E-state index contributed by atoms with van der Waals surface area (Å²) in [6.07, 6.45) is 6.50. The van der Waals surface area contributed by atoms with Gasteiger partial charge in [-0.3, -0.25) is 0 Å². The molecule has 0 amide bonds. The molecule has 1 aromatic carbocycles. The molecule has 3 heteroatoms. The van der Waals surface area contributed by atoms with Crippen molar-refractivity contribution in [2.75, 3.05) is 13.1 Å². The molecule has 0 spiro atoms. The van der Waals surface area contributed by atoms with Crippen molar-refractivity contribution in [1.82, 2.24) is 15.2 Å². The number of rotatable bonds is 3. The molecule has 3 heterocycles. The van der Waals surface area contributed by atoms with E-state index in [1.165, 1.54) is 43.1 Å². The Balaban J connectivity index is 1.67. The van der Waals surface area contributed by atoms with Gasteiger partial charge in [-0.2, -0.15) is 0 Å². The highest BCUT2D eigenvalue weighted by molar-refractivity contribution is 5.86. The summed E-state index contributed by atoms with van der Waals surface area (Å²) in [6, 6.07) is 10.1. The second-order valence-electron chi connectivity index (χ2n) is 6.89. The third kappa shape index (κ3) is 2.46. The van der Waals surface area contributed by atoms with Crippen molar-refractivity contribution in [2.24, 2.45) is 0 Å². The lowest BCUT2D eigenvalue weighted by atomic mass is 9.99. The third-order valence-electron chi connectivity index (χ3n) is 5.48. The molecule has 2 unspecified atom stereocenters. The van der Waals surface area contributed by atoms with E-state index < -0.39 is 0 Å². The van der Waals surface area contributed by atoms with Crippen LogP contribution in [0.4, 0.5) is 0 Å². The minimum absolute atomic E-state index is 0.475.